The molecule has 0 heterocycles. The molecular formula is C29H23O2P. The maximum atomic E-state index is 12.2. The number of rotatable bonds is 4. The van der Waals surface area contributed by atoms with Crippen molar-refractivity contribution in [3.63, 3.8) is 0 Å². The highest BCUT2D eigenvalue weighted by Crippen LogP contribution is 2.55. The molecule has 3 aliphatic carbocycles. The third-order valence-electron chi connectivity index (χ3n) is 6.98. The number of hydrogen-bond acceptors (Lipinski definition) is 1. The van der Waals surface area contributed by atoms with E-state index in [0.717, 1.165) is 0 Å². The van der Waals surface area contributed by atoms with Crippen LogP contribution in [0.2, 0.25) is 0 Å². The summed E-state index contributed by atoms with van der Waals surface area (Å²) in [6, 6.07) is 36.7. The number of aliphatic carboxylic acids is 1. The zero-order valence-corrected chi connectivity index (χ0v) is 18.5. The van der Waals surface area contributed by atoms with E-state index in [4.69, 9.17) is 0 Å². The summed E-state index contributed by atoms with van der Waals surface area (Å²) in [5, 5.41) is 14.0. The van der Waals surface area contributed by atoms with Crippen LogP contribution in [0, 0.1) is 5.92 Å². The second kappa shape index (κ2) is 7.73. The SMILES string of the molecule is O=C(O)[C@@H]1CC2c3ccccc3C1c1cc(P(c3ccccc3)c3ccccc3)ccc12. The van der Waals surface area contributed by atoms with E-state index in [9.17, 15) is 9.90 Å². The Hall–Kier alpha value is -3.22. The summed E-state index contributed by atoms with van der Waals surface area (Å²) in [5.41, 5.74) is 5.03. The minimum atomic E-state index is -0.715. The normalized spacial score (nSPS) is 20.6. The van der Waals surface area contributed by atoms with E-state index in [1.165, 1.54) is 38.2 Å². The lowest BCUT2D eigenvalue weighted by Gasteiger charge is -2.44. The van der Waals surface area contributed by atoms with Gasteiger partial charge in [-0.15, -0.1) is 0 Å². The summed E-state index contributed by atoms with van der Waals surface area (Å²) < 4.78 is 0. The van der Waals surface area contributed by atoms with E-state index in [2.05, 4.69) is 97.1 Å². The van der Waals surface area contributed by atoms with E-state index < -0.39 is 13.9 Å². The van der Waals surface area contributed by atoms with Gasteiger partial charge >= 0.3 is 5.97 Å². The van der Waals surface area contributed by atoms with Gasteiger partial charge in [-0.05, 0) is 58.6 Å². The van der Waals surface area contributed by atoms with Gasteiger partial charge in [-0.2, -0.15) is 0 Å². The number of carboxylic acid groups (broad SMARTS) is 1. The molecule has 7 rings (SSSR count). The van der Waals surface area contributed by atoms with Gasteiger partial charge in [0, 0.05) is 11.8 Å². The van der Waals surface area contributed by atoms with Crippen molar-refractivity contribution in [2.45, 2.75) is 18.3 Å². The molecule has 0 radical (unpaired) electrons. The first-order valence-corrected chi connectivity index (χ1v) is 12.4. The molecule has 3 aliphatic rings. The van der Waals surface area contributed by atoms with E-state index >= 15 is 0 Å². The lowest BCUT2D eigenvalue weighted by molar-refractivity contribution is -0.143. The maximum absolute atomic E-state index is 12.2. The Labute approximate surface area is 189 Å². The number of benzene rings is 4. The minimum absolute atomic E-state index is 0.0768. The van der Waals surface area contributed by atoms with Crippen molar-refractivity contribution in [2.75, 3.05) is 0 Å². The predicted octanol–water partition coefficient (Wildman–Crippen LogP) is 5.13. The summed E-state index contributed by atoms with van der Waals surface area (Å²) >= 11 is 0. The van der Waals surface area contributed by atoms with E-state index in [0.29, 0.717) is 6.42 Å². The van der Waals surface area contributed by atoms with Crippen LogP contribution in [0.15, 0.2) is 103 Å². The molecule has 3 atom stereocenters. The Balaban J connectivity index is 1.54. The first kappa shape index (κ1) is 19.5. The quantitative estimate of drug-likeness (QED) is 0.453. The summed E-state index contributed by atoms with van der Waals surface area (Å²) in [4.78, 5) is 12.2. The molecule has 2 unspecified atom stereocenters. The smallest absolute Gasteiger partial charge is 0.307 e. The van der Waals surface area contributed by atoms with Gasteiger partial charge in [-0.1, -0.05) is 97.1 Å². The average molecular weight is 434 g/mol. The summed E-state index contributed by atoms with van der Waals surface area (Å²) in [5.74, 6) is -0.954. The summed E-state index contributed by atoms with van der Waals surface area (Å²) in [7, 11) is -0.715. The Morgan fingerprint density at radius 1 is 0.656 bits per heavy atom. The second-order valence-electron chi connectivity index (χ2n) is 8.66. The topological polar surface area (TPSA) is 37.3 Å². The molecule has 32 heavy (non-hydrogen) atoms. The third-order valence-corrected chi connectivity index (χ3v) is 9.41. The van der Waals surface area contributed by atoms with Crippen LogP contribution >= 0.6 is 7.92 Å². The summed E-state index contributed by atoms with van der Waals surface area (Å²) in [6.45, 7) is 0. The van der Waals surface area contributed by atoms with Gasteiger partial charge in [0.15, 0.2) is 0 Å². The molecule has 0 saturated carbocycles. The van der Waals surface area contributed by atoms with Crippen molar-refractivity contribution in [2.24, 2.45) is 5.92 Å². The lowest BCUT2D eigenvalue weighted by atomic mass is 9.59. The molecule has 0 amide bonds. The molecule has 1 N–H and O–H groups in total. The standard InChI is InChI=1S/C29H23O2P/c30-29(31)27-18-25-22-13-7-8-14-24(22)28(27)26-17-21(15-16-23(25)26)32(19-9-3-1-4-10-19)20-11-5-2-6-12-20/h1-17,25,27-28H,18H2,(H,30,31)/t25?,27-,28?/m1/s1. The number of hydrogen-bond donors (Lipinski definition) is 1. The Kier molecular flexibility index (Phi) is 4.70. The van der Waals surface area contributed by atoms with Crippen LogP contribution in [0.5, 0.6) is 0 Å². The van der Waals surface area contributed by atoms with Gasteiger partial charge in [0.25, 0.3) is 0 Å². The van der Waals surface area contributed by atoms with Crippen molar-refractivity contribution in [3.8, 4) is 0 Å². The second-order valence-corrected chi connectivity index (χ2v) is 10.9. The Morgan fingerprint density at radius 3 is 1.84 bits per heavy atom. The molecule has 0 fully saturated rings. The number of fused-ring (bicyclic) bond motifs is 1. The number of carbonyl (C=O) groups is 1. The van der Waals surface area contributed by atoms with Crippen LogP contribution in [0.25, 0.3) is 0 Å². The average Bonchev–Trinajstić information content (AvgIpc) is 2.85. The van der Waals surface area contributed by atoms with Gasteiger partial charge in [-0.3, -0.25) is 4.79 Å². The molecule has 2 bridgehead atoms. The highest BCUT2D eigenvalue weighted by atomic mass is 31.1. The van der Waals surface area contributed by atoms with Crippen LogP contribution in [-0.2, 0) is 4.79 Å². The van der Waals surface area contributed by atoms with Crippen molar-refractivity contribution < 1.29 is 9.90 Å². The van der Waals surface area contributed by atoms with Crippen LogP contribution in [0.4, 0.5) is 0 Å². The predicted molar refractivity (Wildman–Crippen MR) is 131 cm³/mol. The minimum Gasteiger partial charge on any atom is -0.481 e. The molecule has 0 spiro atoms. The fraction of sp³-hybridized carbons (Fsp3) is 0.138. The summed E-state index contributed by atoms with van der Waals surface area (Å²) in [6.07, 6.45) is 0.690. The van der Waals surface area contributed by atoms with Crippen molar-refractivity contribution in [1.82, 2.24) is 0 Å². The van der Waals surface area contributed by atoms with E-state index in [1.54, 1.807) is 0 Å². The van der Waals surface area contributed by atoms with Crippen LogP contribution in [-0.4, -0.2) is 11.1 Å². The van der Waals surface area contributed by atoms with Gasteiger partial charge in [0.2, 0.25) is 0 Å². The zero-order chi connectivity index (χ0) is 21.7. The molecule has 156 valence electrons. The van der Waals surface area contributed by atoms with Gasteiger partial charge in [0.1, 0.15) is 0 Å². The van der Waals surface area contributed by atoms with Crippen LogP contribution < -0.4 is 15.9 Å². The molecule has 3 heteroatoms. The molecule has 2 nitrogen and oxygen atoms in total. The molecule has 0 aromatic heterocycles. The molecular weight excluding hydrogens is 411 g/mol. The van der Waals surface area contributed by atoms with Gasteiger partial charge in [0.05, 0.1) is 5.92 Å². The van der Waals surface area contributed by atoms with Crippen molar-refractivity contribution >= 4 is 29.8 Å². The van der Waals surface area contributed by atoms with E-state index in [-0.39, 0.29) is 17.8 Å². The Morgan fingerprint density at radius 2 is 1.22 bits per heavy atom. The molecule has 4 aromatic rings. The number of carboxylic acids is 1. The fourth-order valence-corrected chi connectivity index (χ4v) is 7.98. The lowest BCUT2D eigenvalue weighted by Crippen LogP contribution is -2.37. The van der Waals surface area contributed by atoms with Crippen LogP contribution in [0.3, 0.4) is 0 Å². The highest BCUT2D eigenvalue weighted by molar-refractivity contribution is 7.79. The van der Waals surface area contributed by atoms with Gasteiger partial charge in [-0.25, -0.2) is 0 Å². The first-order valence-electron chi connectivity index (χ1n) is 11.1. The largest absolute Gasteiger partial charge is 0.481 e. The maximum Gasteiger partial charge on any atom is 0.307 e. The van der Waals surface area contributed by atoms with E-state index in [1.807, 2.05) is 6.07 Å². The highest BCUT2D eigenvalue weighted by Gasteiger charge is 2.46. The van der Waals surface area contributed by atoms with Crippen molar-refractivity contribution in [1.29, 1.82) is 0 Å². The van der Waals surface area contributed by atoms with Crippen molar-refractivity contribution in [3.05, 3.63) is 125 Å². The van der Waals surface area contributed by atoms with Gasteiger partial charge < -0.3 is 5.11 Å². The first-order chi connectivity index (χ1) is 15.7. The fourth-order valence-electron chi connectivity index (χ4n) is 5.66. The molecule has 0 aliphatic heterocycles. The third kappa shape index (κ3) is 3.02. The van der Waals surface area contributed by atoms with Crippen LogP contribution in [0.1, 0.15) is 40.5 Å². The monoisotopic (exact) mass is 434 g/mol. The molecule has 4 aromatic carbocycles. The molecule has 0 saturated heterocycles. The Bertz CT molecular complexity index is 1260. The zero-order valence-electron chi connectivity index (χ0n) is 17.6.